The van der Waals surface area contributed by atoms with E-state index in [0.29, 0.717) is 29.6 Å². The minimum absolute atomic E-state index is 0.330. The summed E-state index contributed by atoms with van der Waals surface area (Å²) < 4.78 is 1.71. The number of benzene rings is 1. The third-order valence-corrected chi connectivity index (χ3v) is 3.66. The smallest absolute Gasteiger partial charge is 0.134 e. The van der Waals surface area contributed by atoms with E-state index >= 15 is 0 Å². The number of aromatic nitrogens is 2. The van der Waals surface area contributed by atoms with Crippen molar-refractivity contribution in [1.82, 2.24) is 9.78 Å². The third-order valence-electron chi connectivity index (χ3n) is 3.19. The van der Waals surface area contributed by atoms with Crippen LogP contribution in [0, 0.1) is 0 Å². The standard InChI is InChI=1S/C14H16Cl2N2O/c1-2-18-13(12(16)10-17-18)14(19,8-9-15)11-6-4-3-5-7-11/h3-7,10,19H,2,8-9H2,1H3. The number of hydrogen-bond acceptors (Lipinski definition) is 2. The molecule has 0 spiro atoms. The summed E-state index contributed by atoms with van der Waals surface area (Å²) in [5.41, 5.74) is 0.156. The molecule has 19 heavy (non-hydrogen) atoms. The first kappa shape index (κ1) is 14.4. The lowest BCUT2D eigenvalue weighted by molar-refractivity contribution is 0.0677. The Kier molecular flexibility index (Phi) is 4.50. The SMILES string of the molecule is CCn1ncc(Cl)c1C(O)(CCCl)c1ccccc1. The first-order chi connectivity index (χ1) is 9.13. The van der Waals surface area contributed by atoms with E-state index in [-0.39, 0.29) is 0 Å². The highest BCUT2D eigenvalue weighted by Gasteiger charge is 2.36. The van der Waals surface area contributed by atoms with E-state index in [0.717, 1.165) is 5.56 Å². The van der Waals surface area contributed by atoms with Crippen LogP contribution in [0.4, 0.5) is 0 Å². The molecule has 1 heterocycles. The Morgan fingerprint density at radius 3 is 2.58 bits per heavy atom. The highest BCUT2D eigenvalue weighted by atomic mass is 35.5. The van der Waals surface area contributed by atoms with Gasteiger partial charge >= 0.3 is 0 Å². The Morgan fingerprint density at radius 1 is 1.32 bits per heavy atom. The van der Waals surface area contributed by atoms with E-state index in [1.54, 1.807) is 10.9 Å². The summed E-state index contributed by atoms with van der Waals surface area (Å²) >= 11 is 12.1. The highest BCUT2D eigenvalue weighted by molar-refractivity contribution is 6.31. The summed E-state index contributed by atoms with van der Waals surface area (Å²) in [6.45, 7) is 2.60. The molecule has 0 radical (unpaired) electrons. The summed E-state index contributed by atoms with van der Waals surface area (Å²) in [6.07, 6.45) is 1.94. The van der Waals surface area contributed by atoms with Gasteiger partial charge in [0, 0.05) is 12.4 Å². The number of hydrogen-bond donors (Lipinski definition) is 1. The zero-order valence-corrected chi connectivity index (χ0v) is 12.2. The number of aryl methyl sites for hydroxylation is 1. The van der Waals surface area contributed by atoms with Gasteiger partial charge in [0.2, 0.25) is 0 Å². The van der Waals surface area contributed by atoms with Crippen LogP contribution in [0.1, 0.15) is 24.6 Å². The van der Waals surface area contributed by atoms with Gasteiger partial charge in [-0.1, -0.05) is 41.9 Å². The predicted octanol–water partition coefficient (Wildman–Crippen LogP) is 3.42. The van der Waals surface area contributed by atoms with Gasteiger partial charge in [-0.15, -0.1) is 11.6 Å². The molecule has 2 aromatic rings. The molecule has 0 fully saturated rings. The molecule has 1 N–H and O–H groups in total. The van der Waals surface area contributed by atoms with Crippen LogP contribution in [0.5, 0.6) is 0 Å². The van der Waals surface area contributed by atoms with Gasteiger partial charge in [-0.25, -0.2) is 0 Å². The number of aliphatic hydroxyl groups is 1. The first-order valence-electron chi connectivity index (χ1n) is 6.19. The number of alkyl halides is 1. The summed E-state index contributed by atoms with van der Waals surface area (Å²) in [5.74, 6) is 0.330. The van der Waals surface area contributed by atoms with Crippen LogP contribution in [0.2, 0.25) is 5.02 Å². The van der Waals surface area contributed by atoms with Crippen molar-refractivity contribution < 1.29 is 5.11 Å². The number of halogens is 2. The highest BCUT2D eigenvalue weighted by Crippen LogP contribution is 2.37. The fraction of sp³-hybridized carbons (Fsp3) is 0.357. The van der Waals surface area contributed by atoms with Crippen molar-refractivity contribution in [1.29, 1.82) is 0 Å². The van der Waals surface area contributed by atoms with E-state index in [1.165, 1.54) is 0 Å². The normalized spacial score (nSPS) is 14.3. The molecular formula is C14H16Cl2N2O. The van der Waals surface area contributed by atoms with Gasteiger partial charge in [0.15, 0.2) is 0 Å². The van der Waals surface area contributed by atoms with Crippen molar-refractivity contribution in [3.8, 4) is 0 Å². The Balaban J connectivity index is 2.59. The molecule has 1 unspecified atom stereocenters. The van der Waals surface area contributed by atoms with Gasteiger partial charge in [0.25, 0.3) is 0 Å². The molecule has 0 aliphatic rings. The third kappa shape index (κ3) is 2.64. The van der Waals surface area contributed by atoms with Crippen molar-refractivity contribution >= 4 is 23.2 Å². The summed E-state index contributed by atoms with van der Waals surface area (Å²) in [7, 11) is 0. The molecule has 0 saturated carbocycles. The molecule has 2 rings (SSSR count). The Bertz CT molecular complexity index is 542. The molecule has 0 amide bonds. The van der Waals surface area contributed by atoms with Gasteiger partial charge in [0.05, 0.1) is 16.9 Å². The zero-order chi connectivity index (χ0) is 13.9. The van der Waals surface area contributed by atoms with Gasteiger partial charge < -0.3 is 5.11 Å². The van der Waals surface area contributed by atoms with Crippen LogP contribution < -0.4 is 0 Å². The van der Waals surface area contributed by atoms with E-state index in [9.17, 15) is 5.11 Å². The average Bonchev–Trinajstić information content (AvgIpc) is 2.81. The van der Waals surface area contributed by atoms with Crippen molar-refractivity contribution in [2.24, 2.45) is 0 Å². The van der Waals surface area contributed by atoms with Gasteiger partial charge in [-0.3, -0.25) is 4.68 Å². The lowest BCUT2D eigenvalue weighted by Gasteiger charge is -2.29. The molecule has 1 aromatic carbocycles. The van der Waals surface area contributed by atoms with Gasteiger partial charge in [0.1, 0.15) is 5.60 Å². The second-order valence-electron chi connectivity index (χ2n) is 4.32. The second kappa shape index (κ2) is 5.95. The van der Waals surface area contributed by atoms with E-state index in [4.69, 9.17) is 23.2 Å². The fourth-order valence-corrected chi connectivity index (χ4v) is 2.83. The van der Waals surface area contributed by atoms with E-state index in [1.807, 2.05) is 37.3 Å². The van der Waals surface area contributed by atoms with Crippen molar-refractivity contribution in [3.05, 3.63) is 52.8 Å². The van der Waals surface area contributed by atoms with Crippen molar-refractivity contribution in [2.45, 2.75) is 25.5 Å². The maximum absolute atomic E-state index is 11.1. The molecule has 0 aliphatic carbocycles. The Morgan fingerprint density at radius 2 is 2.00 bits per heavy atom. The number of nitrogens with zero attached hydrogens (tertiary/aromatic N) is 2. The molecule has 3 nitrogen and oxygen atoms in total. The van der Waals surface area contributed by atoms with Crippen LogP contribution in [0.15, 0.2) is 36.5 Å². The molecule has 102 valence electrons. The van der Waals surface area contributed by atoms with Crippen LogP contribution in [-0.2, 0) is 12.1 Å². The summed E-state index contributed by atoms with van der Waals surface area (Å²) in [6, 6.07) is 9.42. The maximum Gasteiger partial charge on any atom is 0.134 e. The fourth-order valence-electron chi connectivity index (χ4n) is 2.26. The van der Waals surface area contributed by atoms with Crippen molar-refractivity contribution in [2.75, 3.05) is 5.88 Å². The molecule has 1 atom stereocenters. The van der Waals surface area contributed by atoms with Crippen LogP contribution in [0.25, 0.3) is 0 Å². The van der Waals surface area contributed by atoms with Gasteiger partial charge in [-0.2, -0.15) is 5.10 Å². The quantitative estimate of drug-likeness (QED) is 0.859. The average molecular weight is 299 g/mol. The van der Waals surface area contributed by atoms with Crippen LogP contribution in [-0.4, -0.2) is 20.8 Å². The lowest BCUT2D eigenvalue weighted by atomic mass is 9.87. The first-order valence-corrected chi connectivity index (χ1v) is 7.10. The van der Waals surface area contributed by atoms with Crippen LogP contribution in [0.3, 0.4) is 0 Å². The summed E-state index contributed by atoms with van der Waals surface area (Å²) in [4.78, 5) is 0. The molecule has 0 bridgehead atoms. The number of rotatable bonds is 5. The molecule has 0 saturated heterocycles. The molecule has 5 heteroatoms. The second-order valence-corrected chi connectivity index (χ2v) is 5.11. The lowest BCUT2D eigenvalue weighted by Crippen LogP contribution is -2.31. The van der Waals surface area contributed by atoms with Crippen LogP contribution >= 0.6 is 23.2 Å². The largest absolute Gasteiger partial charge is 0.379 e. The maximum atomic E-state index is 11.1. The topological polar surface area (TPSA) is 38.0 Å². The zero-order valence-electron chi connectivity index (χ0n) is 10.7. The van der Waals surface area contributed by atoms with Gasteiger partial charge in [-0.05, 0) is 18.9 Å². The van der Waals surface area contributed by atoms with Crippen molar-refractivity contribution in [3.63, 3.8) is 0 Å². The Labute approximate surface area is 122 Å². The Hall–Kier alpha value is -1.03. The molecular weight excluding hydrogens is 283 g/mol. The summed E-state index contributed by atoms with van der Waals surface area (Å²) in [5, 5.41) is 15.8. The van der Waals surface area contributed by atoms with E-state index < -0.39 is 5.60 Å². The minimum Gasteiger partial charge on any atom is -0.379 e. The van der Waals surface area contributed by atoms with E-state index in [2.05, 4.69) is 5.10 Å². The molecule has 0 aliphatic heterocycles. The predicted molar refractivity (Wildman–Crippen MR) is 77.7 cm³/mol. The molecule has 1 aromatic heterocycles. The minimum atomic E-state index is -1.22. The monoisotopic (exact) mass is 298 g/mol.